The van der Waals surface area contributed by atoms with Crippen molar-refractivity contribution in [3.05, 3.63) is 30.4 Å². The lowest BCUT2D eigenvalue weighted by atomic mass is 10.4. The Morgan fingerprint density at radius 3 is 2.84 bits per heavy atom. The first-order valence-corrected chi connectivity index (χ1v) is 6.31. The Morgan fingerprint density at radius 2 is 2.16 bits per heavy atom. The van der Waals surface area contributed by atoms with Gasteiger partial charge >= 0.3 is 0 Å². The van der Waals surface area contributed by atoms with Crippen LogP contribution in [0.2, 0.25) is 0 Å². The Kier molecular flexibility index (Phi) is 4.35. The lowest BCUT2D eigenvalue weighted by Crippen LogP contribution is -2.19. The first-order chi connectivity index (χ1) is 9.20. The Morgan fingerprint density at radius 1 is 1.32 bits per heavy atom. The van der Waals surface area contributed by atoms with Gasteiger partial charge in [0, 0.05) is 38.6 Å². The molecule has 2 heterocycles. The van der Waals surface area contributed by atoms with Crippen molar-refractivity contribution in [3.63, 3.8) is 0 Å². The van der Waals surface area contributed by atoms with Crippen LogP contribution in [0.1, 0.15) is 5.82 Å². The molecule has 0 aliphatic carbocycles. The minimum Gasteiger partial charge on any atom is -0.369 e. The van der Waals surface area contributed by atoms with Crippen LogP contribution in [0.25, 0.3) is 0 Å². The highest BCUT2D eigenvalue weighted by molar-refractivity contribution is 5.61. The van der Waals surface area contributed by atoms with Crippen LogP contribution in [0.5, 0.6) is 0 Å². The van der Waals surface area contributed by atoms with Crippen LogP contribution in [0.4, 0.5) is 17.3 Å². The molecule has 0 aromatic carbocycles. The van der Waals surface area contributed by atoms with Crippen molar-refractivity contribution < 1.29 is 0 Å². The number of rotatable bonds is 6. The number of nitrogens with one attached hydrogen (secondary N) is 3. The number of hydrogen-bond acceptors (Lipinski definition) is 5. The van der Waals surface area contributed by atoms with Gasteiger partial charge in [0.25, 0.3) is 0 Å². The second-order valence-electron chi connectivity index (χ2n) is 4.32. The number of H-pyrrole nitrogens is 1. The van der Waals surface area contributed by atoms with Gasteiger partial charge in [0.05, 0.1) is 5.69 Å². The molecule has 0 fully saturated rings. The molecule has 0 bridgehead atoms. The molecule has 6 heteroatoms. The van der Waals surface area contributed by atoms with E-state index in [9.17, 15) is 0 Å². The maximum atomic E-state index is 4.46. The molecule has 0 radical (unpaired) electrons. The SMILES string of the molecule is CNCCNc1cc(N(C)c2cc[nH]c2)nc(C)n1. The molecule has 2 rings (SSSR count). The minimum absolute atomic E-state index is 0.756. The maximum absolute atomic E-state index is 4.46. The summed E-state index contributed by atoms with van der Waals surface area (Å²) in [6, 6.07) is 3.96. The minimum atomic E-state index is 0.756. The third-order valence-corrected chi connectivity index (χ3v) is 2.82. The number of hydrogen-bond donors (Lipinski definition) is 3. The number of nitrogens with zero attached hydrogens (tertiary/aromatic N) is 3. The molecule has 2 aromatic rings. The van der Waals surface area contributed by atoms with Crippen LogP contribution < -0.4 is 15.5 Å². The Labute approximate surface area is 113 Å². The zero-order chi connectivity index (χ0) is 13.7. The Balaban J connectivity index is 2.16. The van der Waals surface area contributed by atoms with Crippen LogP contribution in [-0.4, -0.2) is 42.1 Å². The van der Waals surface area contributed by atoms with E-state index >= 15 is 0 Å². The number of likely N-dealkylation sites (N-methyl/N-ethyl adjacent to an activating group) is 1. The fraction of sp³-hybridized carbons (Fsp3) is 0.385. The standard InChI is InChI=1S/C13H20N6/c1-10-17-12(16-7-6-14-2)8-13(18-10)19(3)11-4-5-15-9-11/h4-5,8-9,14-15H,6-7H2,1-3H3,(H,16,17,18). The molecule has 0 aliphatic rings. The monoisotopic (exact) mass is 260 g/mol. The average Bonchev–Trinajstić information content (AvgIpc) is 2.91. The zero-order valence-corrected chi connectivity index (χ0v) is 11.6. The third kappa shape index (κ3) is 3.45. The summed E-state index contributed by atoms with van der Waals surface area (Å²) in [5, 5.41) is 6.37. The molecule has 0 unspecified atom stereocenters. The van der Waals surface area contributed by atoms with Gasteiger partial charge in [-0.3, -0.25) is 0 Å². The number of aryl methyl sites for hydroxylation is 1. The lowest BCUT2D eigenvalue weighted by Gasteiger charge is -2.18. The van der Waals surface area contributed by atoms with Gasteiger partial charge in [-0.2, -0.15) is 0 Å². The van der Waals surface area contributed by atoms with Crippen LogP contribution in [0.3, 0.4) is 0 Å². The molecule has 0 spiro atoms. The molecule has 2 aromatic heterocycles. The van der Waals surface area contributed by atoms with E-state index in [4.69, 9.17) is 0 Å². The highest BCUT2D eigenvalue weighted by atomic mass is 15.2. The second-order valence-corrected chi connectivity index (χ2v) is 4.32. The summed E-state index contributed by atoms with van der Waals surface area (Å²) < 4.78 is 0. The summed E-state index contributed by atoms with van der Waals surface area (Å²) in [6.07, 6.45) is 3.83. The predicted molar refractivity (Wildman–Crippen MR) is 78.0 cm³/mol. The molecule has 0 saturated carbocycles. The summed E-state index contributed by atoms with van der Waals surface area (Å²) >= 11 is 0. The van der Waals surface area contributed by atoms with Crippen LogP contribution in [-0.2, 0) is 0 Å². The van der Waals surface area contributed by atoms with E-state index in [0.29, 0.717) is 0 Å². The van der Waals surface area contributed by atoms with Gasteiger partial charge in [-0.25, -0.2) is 9.97 Å². The fourth-order valence-electron chi connectivity index (χ4n) is 1.79. The molecule has 102 valence electrons. The van der Waals surface area contributed by atoms with Gasteiger partial charge in [-0.15, -0.1) is 0 Å². The van der Waals surface area contributed by atoms with Crippen LogP contribution in [0, 0.1) is 6.92 Å². The van der Waals surface area contributed by atoms with Crippen molar-refractivity contribution in [3.8, 4) is 0 Å². The molecule has 0 saturated heterocycles. The first kappa shape index (κ1) is 13.4. The molecule has 3 N–H and O–H groups in total. The molecule has 6 nitrogen and oxygen atoms in total. The lowest BCUT2D eigenvalue weighted by molar-refractivity contribution is 0.819. The Hall–Kier alpha value is -2.08. The van der Waals surface area contributed by atoms with Crippen molar-refractivity contribution in [2.24, 2.45) is 0 Å². The van der Waals surface area contributed by atoms with Crippen molar-refractivity contribution in [1.29, 1.82) is 0 Å². The number of anilines is 3. The van der Waals surface area contributed by atoms with Crippen molar-refractivity contribution in [2.75, 3.05) is 37.4 Å². The smallest absolute Gasteiger partial charge is 0.138 e. The summed E-state index contributed by atoms with van der Waals surface area (Å²) in [7, 11) is 3.92. The van der Waals surface area contributed by atoms with E-state index in [2.05, 4.69) is 25.6 Å². The zero-order valence-electron chi connectivity index (χ0n) is 11.6. The number of aromatic amines is 1. The summed E-state index contributed by atoms with van der Waals surface area (Å²) in [5.74, 6) is 2.48. The van der Waals surface area contributed by atoms with Crippen molar-refractivity contribution >= 4 is 17.3 Å². The Bertz CT molecular complexity index is 508. The molecule has 19 heavy (non-hydrogen) atoms. The maximum Gasteiger partial charge on any atom is 0.138 e. The number of aromatic nitrogens is 3. The van der Waals surface area contributed by atoms with Gasteiger partial charge < -0.3 is 20.5 Å². The van der Waals surface area contributed by atoms with Crippen molar-refractivity contribution in [1.82, 2.24) is 20.3 Å². The topological polar surface area (TPSA) is 68.9 Å². The van der Waals surface area contributed by atoms with Gasteiger partial charge in [-0.1, -0.05) is 0 Å². The summed E-state index contributed by atoms with van der Waals surface area (Å²) in [4.78, 5) is 13.9. The highest BCUT2D eigenvalue weighted by Crippen LogP contribution is 2.22. The van der Waals surface area contributed by atoms with E-state index in [-0.39, 0.29) is 0 Å². The van der Waals surface area contributed by atoms with Gasteiger partial charge in [0.1, 0.15) is 17.5 Å². The van der Waals surface area contributed by atoms with E-state index in [1.165, 1.54) is 0 Å². The van der Waals surface area contributed by atoms with Crippen LogP contribution in [0.15, 0.2) is 24.5 Å². The normalized spacial score (nSPS) is 10.5. The molecule has 0 amide bonds. The van der Waals surface area contributed by atoms with Gasteiger partial charge in [0.2, 0.25) is 0 Å². The van der Waals surface area contributed by atoms with E-state index < -0.39 is 0 Å². The summed E-state index contributed by atoms with van der Waals surface area (Å²) in [5.41, 5.74) is 1.07. The largest absolute Gasteiger partial charge is 0.369 e. The van der Waals surface area contributed by atoms with Crippen molar-refractivity contribution in [2.45, 2.75) is 6.92 Å². The van der Waals surface area contributed by atoms with E-state index in [1.54, 1.807) is 0 Å². The van der Waals surface area contributed by atoms with E-state index in [1.807, 2.05) is 50.4 Å². The average molecular weight is 260 g/mol. The van der Waals surface area contributed by atoms with Gasteiger partial charge in [-0.05, 0) is 20.0 Å². The highest BCUT2D eigenvalue weighted by Gasteiger charge is 2.08. The molecular weight excluding hydrogens is 240 g/mol. The summed E-state index contributed by atoms with van der Waals surface area (Å²) in [6.45, 7) is 3.63. The predicted octanol–water partition coefficient (Wildman–Crippen LogP) is 1.51. The molecular formula is C13H20N6. The second kappa shape index (κ2) is 6.19. The molecule has 0 aliphatic heterocycles. The van der Waals surface area contributed by atoms with E-state index in [0.717, 1.165) is 36.2 Å². The van der Waals surface area contributed by atoms with Crippen LogP contribution >= 0.6 is 0 Å². The fourth-order valence-corrected chi connectivity index (χ4v) is 1.79. The third-order valence-electron chi connectivity index (χ3n) is 2.82. The quantitative estimate of drug-likeness (QED) is 0.687. The van der Waals surface area contributed by atoms with Gasteiger partial charge in [0.15, 0.2) is 0 Å². The first-order valence-electron chi connectivity index (χ1n) is 6.31. The molecule has 0 atom stereocenters.